The van der Waals surface area contributed by atoms with E-state index in [1.54, 1.807) is 0 Å². The molecule has 0 aromatic heterocycles. The summed E-state index contributed by atoms with van der Waals surface area (Å²) in [5, 5.41) is 15.3. The molecule has 1 amide bonds. The normalized spacial score (nSPS) is 28.4. The third-order valence-corrected chi connectivity index (χ3v) is 6.08. The predicted molar refractivity (Wildman–Crippen MR) is 106 cm³/mol. The lowest BCUT2D eigenvalue weighted by atomic mass is 9.62. The first kappa shape index (κ1) is 18.0. The number of benzene rings is 1. The Kier molecular flexibility index (Phi) is 4.02. The smallest absolute Gasteiger partial charge is 0.250 e. The van der Waals surface area contributed by atoms with E-state index in [0.29, 0.717) is 5.92 Å². The maximum Gasteiger partial charge on any atom is 0.250 e. The Morgan fingerprint density at radius 1 is 1.30 bits per heavy atom. The molecule has 5 heteroatoms. The highest BCUT2D eigenvalue weighted by atomic mass is 16.2. The summed E-state index contributed by atoms with van der Waals surface area (Å²) < 4.78 is 0. The Labute approximate surface area is 161 Å². The van der Waals surface area contributed by atoms with Crippen LogP contribution in [0, 0.1) is 0 Å². The first-order valence-corrected chi connectivity index (χ1v) is 9.82. The molecule has 0 saturated heterocycles. The average Bonchev–Trinajstić information content (AvgIpc) is 3.07. The third kappa shape index (κ3) is 2.63. The average molecular weight is 364 g/mol. The van der Waals surface area contributed by atoms with E-state index in [9.17, 15) is 4.79 Å². The summed E-state index contributed by atoms with van der Waals surface area (Å²) in [5.41, 5.74) is 4.56. The number of nitrogens with one attached hydrogen (secondary N) is 2. The Morgan fingerprint density at radius 2 is 2.07 bits per heavy atom. The molecule has 3 heterocycles. The van der Waals surface area contributed by atoms with E-state index >= 15 is 0 Å². The number of hydrogen-bond donors (Lipinski definition) is 2. The van der Waals surface area contributed by atoms with E-state index in [2.05, 4.69) is 79.7 Å². The van der Waals surface area contributed by atoms with Gasteiger partial charge in [-0.15, -0.1) is 0 Å². The van der Waals surface area contributed by atoms with Crippen LogP contribution in [0.3, 0.4) is 0 Å². The molecule has 3 aliphatic rings. The van der Waals surface area contributed by atoms with Gasteiger partial charge in [-0.3, -0.25) is 4.79 Å². The lowest BCUT2D eigenvalue weighted by Gasteiger charge is -2.48. The van der Waals surface area contributed by atoms with Crippen molar-refractivity contribution in [1.29, 1.82) is 0 Å². The van der Waals surface area contributed by atoms with Gasteiger partial charge >= 0.3 is 0 Å². The molecule has 2 N–H and O–H groups in total. The molecule has 0 aliphatic carbocycles. The Balaban J connectivity index is 1.98. The standard InChI is InChI=1S/C22H28N4O/c1-6-22(15-9-7-8-14(10-15)13(2)3)16-12-23-26-19(16)24-17-11-21(4,5)25-20(27)18(17)22/h7-10,12-13,19,24H,6,11H2,1-5H3,(H,25,27)/t19?,22-/m0/s1. The Hall–Kier alpha value is -2.43. The van der Waals surface area contributed by atoms with Crippen molar-refractivity contribution < 1.29 is 4.79 Å². The summed E-state index contributed by atoms with van der Waals surface area (Å²) in [7, 11) is 0. The fourth-order valence-corrected chi connectivity index (χ4v) is 4.77. The molecule has 27 heavy (non-hydrogen) atoms. The van der Waals surface area contributed by atoms with Crippen LogP contribution < -0.4 is 10.6 Å². The zero-order chi connectivity index (χ0) is 19.4. The number of carbonyl (C=O) groups is 1. The highest BCUT2D eigenvalue weighted by molar-refractivity contribution is 6.00. The van der Waals surface area contributed by atoms with Crippen molar-refractivity contribution in [3.8, 4) is 0 Å². The molecule has 3 aliphatic heterocycles. The fraction of sp³-hybridized carbons (Fsp3) is 0.500. The lowest BCUT2D eigenvalue weighted by molar-refractivity contribution is -0.120. The van der Waals surface area contributed by atoms with Gasteiger partial charge in [0, 0.05) is 23.2 Å². The molecule has 4 rings (SSSR count). The SMILES string of the molecule is CC[C@]1(c2cccc(C(C)C)c2)C2=CN=NC2NC2=C1C(=O)NC(C)(C)C2. The van der Waals surface area contributed by atoms with E-state index in [4.69, 9.17) is 0 Å². The summed E-state index contributed by atoms with van der Waals surface area (Å²) in [6, 6.07) is 8.67. The summed E-state index contributed by atoms with van der Waals surface area (Å²) in [6.07, 6.45) is 3.21. The van der Waals surface area contributed by atoms with Crippen molar-refractivity contribution in [2.45, 2.75) is 70.5 Å². The molecule has 0 fully saturated rings. The first-order valence-electron chi connectivity index (χ1n) is 9.82. The maximum absolute atomic E-state index is 13.3. The van der Waals surface area contributed by atoms with Gasteiger partial charge in [-0.25, -0.2) is 0 Å². The van der Waals surface area contributed by atoms with Gasteiger partial charge < -0.3 is 10.6 Å². The van der Waals surface area contributed by atoms with E-state index < -0.39 is 5.41 Å². The number of nitrogens with zero attached hydrogens (tertiary/aromatic N) is 2. The van der Waals surface area contributed by atoms with Crippen LogP contribution in [0.15, 0.2) is 57.5 Å². The van der Waals surface area contributed by atoms with Crippen molar-refractivity contribution in [1.82, 2.24) is 10.6 Å². The molecule has 0 spiro atoms. The van der Waals surface area contributed by atoms with Crippen LogP contribution in [0.2, 0.25) is 0 Å². The van der Waals surface area contributed by atoms with E-state index in [-0.39, 0.29) is 17.6 Å². The maximum atomic E-state index is 13.3. The largest absolute Gasteiger partial charge is 0.362 e. The van der Waals surface area contributed by atoms with Crippen LogP contribution in [-0.4, -0.2) is 17.6 Å². The number of hydrogen-bond acceptors (Lipinski definition) is 4. The Bertz CT molecular complexity index is 893. The zero-order valence-electron chi connectivity index (χ0n) is 16.8. The molecule has 142 valence electrons. The van der Waals surface area contributed by atoms with E-state index in [1.165, 1.54) is 5.56 Å². The highest BCUT2D eigenvalue weighted by Gasteiger charge is 2.53. The second-order valence-corrected chi connectivity index (χ2v) is 8.77. The quantitative estimate of drug-likeness (QED) is 0.840. The first-order chi connectivity index (χ1) is 12.8. The summed E-state index contributed by atoms with van der Waals surface area (Å²) >= 11 is 0. The molecule has 0 radical (unpaired) electrons. The third-order valence-electron chi connectivity index (χ3n) is 6.08. The predicted octanol–water partition coefficient (Wildman–Crippen LogP) is 4.29. The number of amides is 1. The number of azo groups is 1. The zero-order valence-corrected chi connectivity index (χ0v) is 16.8. The molecule has 0 bridgehead atoms. The van der Waals surface area contributed by atoms with Crippen molar-refractivity contribution in [3.63, 3.8) is 0 Å². The van der Waals surface area contributed by atoms with Crippen molar-refractivity contribution in [3.05, 3.63) is 58.4 Å². The highest BCUT2D eigenvalue weighted by Crippen LogP contribution is 2.51. The fourth-order valence-electron chi connectivity index (χ4n) is 4.77. The summed E-state index contributed by atoms with van der Waals surface area (Å²) in [5.74, 6) is 0.438. The van der Waals surface area contributed by atoms with Gasteiger partial charge in [-0.1, -0.05) is 45.0 Å². The second-order valence-electron chi connectivity index (χ2n) is 8.77. The lowest BCUT2D eigenvalue weighted by Crippen LogP contribution is -2.58. The monoisotopic (exact) mass is 364 g/mol. The number of carbonyl (C=O) groups excluding carboxylic acids is 1. The molecule has 1 aromatic rings. The summed E-state index contributed by atoms with van der Waals surface area (Å²) in [4.78, 5) is 13.3. The van der Waals surface area contributed by atoms with Gasteiger partial charge in [0.2, 0.25) is 0 Å². The van der Waals surface area contributed by atoms with Gasteiger partial charge in [0.15, 0.2) is 6.17 Å². The van der Waals surface area contributed by atoms with E-state index in [0.717, 1.165) is 35.2 Å². The molecule has 2 atom stereocenters. The van der Waals surface area contributed by atoms with Crippen LogP contribution in [-0.2, 0) is 10.2 Å². The molecular formula is C22H28N4O. The van der Waals surface area contributed by atoms with Crippen molar-refractivity contribution in [2.75, 3.05) is 0 Å². The van der Waals surface area contributed by atoms with Crippen molar-refractivity contribution >= 4 is 5.91 Å². The second kappa shape index (κ2) is 6.04. The molecular weight excluding hydrogens is 336 g/mol. The van der Waals surface area contributed by atoms with Gasteiger partial charge in [0.1, 0.15) is 0 Å². The molecule has 1 unspecified atom stereocenters. The minimum Gasteiger partial charge on any atom is -0.362 e. The number of rotatable bonds is 3. The van der Waals surface area contributed by atoms with Crippen LogP contribution in [0.25, 0.3) is 0 Å². The van der Waals surface area contributed by atoms with E-state index in [1.807, 2.05) is 6.20 Å². The minimum absolute atomic E-state index is 0.0109. The minimum atomic E-state index is -0.500. The molecule has 0 saturated carbocycles. The Morgan fingerprint density at radius 3 is 2.78 bits per heavy atom. The number of fused-ring (bicyclic) bond motifs is 1. The topological polar surface area (TPSA) is 65.8 Å². The van der Waals surface area contributed by atoms with Gasteiger partial charge in [0.25, 0.3) is 5.91 Å². The van der Waals surface area contributed by atoms with Gasteiger partial charge in [-0.05, 0) is 37.3 Å². The van der Waals surface area contributed by atoms with Gasteiger partial charge in [0.05, 0.1) is 17.2 Å². The van der Waals surface area contributed by atoms with Crippen molar-refractivity contribution in [2.24, 2.45) is 10.2 Å². The molecule has 1 aromatic carbocycles. The van der Waals surface area contributed by atoms with Crippen LogP contribution in [0.1, 0.15) is 64.5 Å². The summed E-state index contributed by atoms with van der Waals surface area (Å²) in [6.45, 7) is 10.7. The van der Waals surface area contributed by atoms with Gasteiger partial charge in [-0.2, -0.15) is 10.2 Å². The van der Waals surface area contributed by atoms with Crippen LogP contribution >= 0.6 is 0 Å². The van der Waals surface area contributed by atoms with Crippen LogP contribution in [0.5, 0.6) is 0 Å². The molecule has 5 nitrogen and oxygen atoms in total. The van der Waals surface area contributed by atoms with Crippen LogP contribution in [0.4, 0.5) is 0 Å².